The zero-order chi connectivity index (χ0) is 25.9. The summed E-state index contributed by atoms with van der Waals surface area (Å²) in [6, 6.07) is 5.49. The zero-order valence-corrected chi connectivity index (χ0v) is 22.8. The van der Waals surface area contributed by atoms with Crippen LogP contribution in [0.5, 0.6) is 11.5 Å². The minimum atomic E-state index is -3.15. The molecule has 12 heteroatoms. The number of hydrogen-bond donors (Lipinski definition) is 1. The molecule has 0 spiro atoms. The lowest BCUT2D eigenvalue weighted by atomic mass is 10.0. The SMILES string of the molecule is COc1cccc(OC)c1-n1c(NSC(C)C(C)c2ncc(C)cn2)nnc1C1CCCS(=O)(=O)C1. The van der Waals surface area contributed by atoms with E-state index in [-0.39, 0.29) is 28.6 Å². The summed E-state index contributed by atoms with van der Waals surface area (Å²) in [5, 5.41) is 8.98. The number of aryl methyl sites for hydroxylation is 1. The molecule has 3 aromatic rings. The van der Waals surface area contributed by atoms with E-state index in [1.165, 1.54) is 11.9 Å². The van der Waals surface area contributed by atoms with E-state index in [4.69, 9.17) is 9.47 Å². The van der Waals surface area contributed by atoms with Crippen molar-refractivity contribution >= 4 is 27.7 Å². The van der Waals surface area contributed by atoms with E-state index >= 15 is 0 Å². The summed E-state index contributed by atoms with van der Waals surface area (Å²) in [6.45, 7) is 6.13. The molecule has 1 aliphatic rings. The molecule has 0 aliphatic carbocycles. The number of sulfone groups is 1. The van der Waals surface area contributed by atoms with E-state index in [2.05, 4.69) is 38.7 Å². The second-order valence-electron chi connectivity index (χ2n) is 9.01. The molecule has 3 unspecified atom stereocenters. The predicted molar refractivity (Wildman–Crippen MR) is 141 cm³/mol. The molecule has 3 heterocycles. The molecular formula is C24H32N6O4S2. The first-order chi connectivity index (χ1) is 17.2. The highest BCUT2D eigenvalue weighted by molar-refractivity contribution is 8.01. The van der Waals surface area contributed by atoms with Crippen molar-refractivity contribution in [2.75, 3.05) is 30.4 Å². The highest BCUT2D eigenvalue weighted by Crippen LogP contribution is 2.39. The van der Waals surface area contributed by atoms with Crippen LogP contribution in [0.1, 0.15) is 55.7 Å². The van der Waals surface area contributed by atoms with Gasteiger partial charge in [0.25, 0.3) is 0 Å². The fraction of sp³-hybridized carbons (Fsp3) is 0.500. The maximum Gasteiger partial charge on any atom is 0.239 e. The minimum Gasteiger partial charge on any atom is -0.494 e. The molecule has 10 nitrogen and oxygen atoms in total. The van der Waals surface area contributed by atoms with Gasteiger partial charge in [0, 0.05) is 29.5 Å². The van der Waals surface area contributed by atoms with Gasteiger partial charge in [-0.15, -0.1) is 10.2 Å². The van der Waals surface area contributed by atoms with Crippen molar-refractivity contribution in [3.05, 3.63) is 47.8 Å². The Bertz CT molecular complexity index is 1270. The fourth-order valence-corrected chi connectivity index (χ4v) is 6.67. The second kappa shape index (κ2) is 11.0. The number of aromatic nitrogens is 5. The monoisotopic (exact) mass is 532 g/mol. The largest absolute Gasteiger partial charge is 0.494 e. The summed E-state index contributed by atoms with van der Waals surface area (Å²) >= 11 is 1.48. The van der Waals surface area contributed by atoms with Gasteiger partial charge in [-0.05, 0) is 49.4 Å². The lowest BCUT2D eigenvalue weighted by Gasteiger charge is -2.24. The Labute approximate surface area is 216 Å². The van der Waals surface area contributed by atoms with Gasteiger partial charge in [-0.2, -0.15) is 0 Å². The number of benzene rings is 1. The quantitative estimate of drug-likeness (QED) is 0.406. The Balaban J connectivity index is 1.70. The van der Waals surface area contributed by atoms with Gasteiger partial charge in [0.05, 0.1) is 25.7 Å². The first kappa shape index (κ1) is 26.2. The first-order valence-electron chi connectivity index (χ1n) is 11.8. The standard InChI is InChI=1S/C24H32N6O4S2/c1-15-12-25-22(26-13-15)16(2)17(3)35-29-24-28-27-23(18-8-7-11-36(31,32)14-18)30(24)21-19(33-4)9-6-10-20(21)34-5/h6,9-10,12-13,16-18H,7-8,11,14H2,1-5H3,(H,28,29). The minimum absolute atomic E-state index is 0.0357. The van der Waals surface area contributed by atoms with Crippen molar-refractivity contribution in [3.8, 4) is 17.2 Å². The van der Waals surface area contributed by atoms with Crippen LogP contribution in [0.4, 0.5) is 5.95 Å². The lowest BCUT2D eigenvalue weighted by molar-refractivity contribution is 0.390. The number of ether oxygens (including phenoxy) is 2. The van der Waals surface area contributed by atoms with Crippen molar-refractivity contribution < 1.29 is 17.9 Å². The molecule has 0 bridgehead atoms. The number of para-hydroxylation sites is 1. The van der Waals surface area contributed by atoms with Gasteiger partial charge in [0.1, 0.15) is 28.8 Å². The number of anilines is 1. The zero-order valence-electron chi connectivity index (χ0n) is 21.1. The second-order valence-corrected chi connectivity index (χ2v) is 12.4. The van der Waals surface area contributed by atoms with Crippen LogP contribution in [0.15, 0.2) is 30.6 Å². The molecule has 0 amide bonds. The Hall–Kier alpha value is -2.86. The molecule has 3 atom stereocenters. The summed E-state index contributed by atoms with van der Waals surface area (Å²) in [5.74, 6) is 2.95. The number of hydrogen-bond acceptors (Lipinski definition) is 10. The van der Waals surface area contributed by atoms with Gasteiger partial charge in [-0.3, -0.25) is 9.29 Å². The third-order valence-electron chi connectivity index (χ3n) is 6.39. The number of methoxy groups -OCH3 is 2. The van der Waals surface area contributed by atoms with Crippen LogP contribution in [0.3, 0.4) is 0 Å². The van der Waals surface area contributed by atoms with Crippen molar-refractivity contribution in [3.63, 3.8) is 0 Å². The van der Waals surface area contributed by atoms with Crippen molar-refractivity contribution in [2.45, 2.75) is 50.7 Å². The Kier molecular flexibility index (Phi) is 8.04. The van der Waals surface area contributed by atoms with Crippen LogP contribution in [0.2, 0.25) is 0 Å². The van der Waals surface area contributed by atoms with Gasteiger partial charge < -0.3 is 9.47 Å². The van der Waals surface area contributed by atoms with E-state index in [9.17, 15) is 8.42 Å². The molecular weight excluding hydrogens is 500 g/mol. The van der Waals surface area contributed by atoms with Gasteiger partial charge in [-0.25, -0.2) is 18.4 Å². The molecule has 1 fully saturated rings. The average molecular weight is 533 g/mol. The van der Waals surface area contributed by atoms with Crippen LogP contribution < -0.4 is 14.2 Å². The number of nitrogens with one attached hydrogen (secondary N) is 1. The van der Waals surface area contributed by atoms with Crippen LogP contribution in [-0.4, -0.2) is 64.1 Å². The van der Waals surface area contributed by atoms with Crippen molar-refractivity contribution in [1.82, 2.24) is 24.7 Å². The molecule has 0 radical (unpaired) electrons. The molecule has 1 N–H and O–H groups in total. The fourth-order valence-electron chi connectivity index (χ4n) is 4.22. The third kappa shape index (κ3) is 5.59. The van der Waals surface area contributed by atoms with Crippen LogP contribution in [0.25, 0.3) is 5.69 Å². The highest BCUT2D eigenvalue weighted by atomic mass is 32.2. The van der Waals surface area contributed by atoms with E-state index in [1.54, 1.807) is 14.2 Å². The smallest absolute Gasteiger partial charge is 0.239 e. The normalized spacial score (nSPS) is 18.9. The predicted octanol–water partition coefficient (Wildman–Crippen LogP) is 3.93. The lowest BCUT2D eigenvalue weighted by Crippen LogP contribution is -2.26. The van der Waals surface area contributed by atoms with E-state index in [0.29, 0.717) is 41.8 Å². The average Bonchev–Trinajstić information content (AvgIpc) is 3.29. The summed E-state index contributed by atoms with van der Waals surface area (Å²) in [4.78, 5) is 8.94. The van der Waals surface area contributed by atoms with Gasteiger partial charge in [0.15, 0.2) is 9.84 Å². The van der Waals surface area contributed by atoms with E-state index < -0.39 is 9.84 Å². The van der Waals surface area contributed by atoms with Crippen LogP contribution >= 0.6 is 11.9 Å². The summed E-state index contributed by atoms with van der Waals surface area (Å²) in [5.41, 5.74) is 1.64. The third-order valence-corrected chi connectivity index (χ3v) is 9.29. The summed E-state index contributed by atoms with van der Waals surface area (Å²) < 4.78 is 41.4. The topological polar surface area (TPSA) is 121 Å². The molecule has 2 aromatic heterocycles. The molecule has 1 aromatic carbocycles. The summed E-state index contributed by atoms with van der Waals surface area (Å²) in [7, 11) is 0.0128. The Morgan fingerprint density at radius 3 is 2.39 bits per heavy atom. The van der Waals surface area contributed by atoms with E-state index in [0.717, 1.165) is 11.4 Å². The number of rotatable bonds is 9. The van der Waals surface area contributed by atoms with Gasteiger partial charge in [-0.1, -0.05) is 19.9 Å². The number of nitrogens with zero attached hydrogens (tertiary/aromatic N) is 5. The summed E-state index contributed by atoms with van der Waals surface area (Å²) in [6.07, 6.45) is 4.93. The maximum absolute atomic E-state index is 12.4. The first-order valence-corrected chi connectivity index (χ1v) is 14.5. The van der Waals surface area contributed by atoms with Gasteiger partial charge >= 0.3 is 0 Å². The molecule has 1 aliphatic heterocycles. The molecule has 194 valence electrons. The van der Waals surface area contributed by atoms with E-state index in [1.807, 2.05) is 42.1 Å². The maximum atomic E-state index is 12.4. The van der Waals surface area contributed by atoms with Crippen molar-refractivity contribution in [1.29, 1.82) is 0 Å². The van der Waals surface area contributed by atoms with Crippen LogP contribution in [-0.2, 0) is 9.84 Å². The Morgan fingerprint density at radius 1 is 1.11 bits per heavy atom. The van der Waals surface area contributed by atoms with Crippen molar-refractivity contribution in [2.24, 2.45) is 0 Å². The van der Waals surface area contributed by atoms with Crippen LogP contribution in [0, 0.1) is 6.92 Å². The Morgan fingerprint density at radius 2 is 1.78 bits per heavy atom. The highest BCUT2D eigenvalue weighted by Gasteiger charge is 2.33. The molecule has 4 rings (SSSR count). The molecule has 0 saturated carbocycles. The molecule has 1 saturated heterocycles. The van der Waals surface area contributed by atoms with Gasteiger partial charge in [0.2, 0.25) is 5.95 Å². The molecule has 36 heavy (non-hydrogen) atoms.